The van der Waals surface area contributed by atoms with Crippen LogP contribution in [0.2, 0.25) is 0 Å². The molecular weight excluding hydrogens is 156 g/mol. The summed E-state index contributed by atoms with van der Waals surface area (Å²) in [4.78, 5) is 10.6. The molecule has 0 aliphatic carbocycles. The van der Waals surface area contributed by atoms with E-state index in [1.165, 1.54) is 6.26 Å². The first-order chi connectivity index (χ1) is 5.70. The van der Waals surface area contributed by atoms with Gasteiger partial charge in [-0.3, -0.25) is 0 Å². The minimum atomic E-state index is -1.03. The number of hydrogen-bond donors (Lipinski definition) is 1. The van der Waals surface area contributed by atoms with Crippen molar-refractivity contribution in [1.29, 1.82) is 0 Å². The third kappa shape index (κ3) is 1.25. The summed E-state index contributed by atoms with van der Waals surface area (Å²) in [5.41, 5.74) is 1.47. The van der Waals surface area contributed by atoms with E-state index in [-0.39, 0.29) is 5.76 Å². The van der Waals surface area contributed by atoms with Crippen molar-refractivity contribution in [2.45, 2.75) is 13.3 Å². The van der Waals surface area contributed by atoms with Crippen molar-refractivity contribution in [2.75, 3.05) is 0 Å². The van der Waals surface area contributed by atoms with Gasteiger partial charge in [-0.1, -0.05) is 19.6 Å². The van der Waals surface area contributed by atoms with E-state index in [0.717, 1.165) is 5.56 Å². The Labute approximate surface area is 70.3 Å². The molecule has 3 nitrogen and oxygen atoms in total. The average Bonchev–Trinajstić information content (AvgIpc) is 2.46. The summed E-state index contributed by atoms with van der Waals surface area (Å²) in [6.45, 7) is 5.44. The van der Waals surface area contributed by atoms with Gasteiger partial charge in [0.05, 0.1) is 6.26 Å². The standard InChI is InChI=1S/C9H10O3/c1-3-6-5-12-8(9(10)11)7(6)4-2/h3,5H,1,4H2,2H3,(H,10,11). The lowest BCUT2D eigenvalue weighted by molar-refractivity contribution is 0.0661. The predicted octanol–water partition coefficient (Wildman–Crippen LogP) is 2.18. The van der Waals surface area contributed by atoms with E-state index < -0.39 is 5.97 Å². The van der Waals surface area contributed by atoms with E-state index in [2.05, 4.69) is 6.58 Å². The van der Waals surface area contributed by atoms with Crippen LogP contribution in [0.3, 0.4) is 0 Å². The lowest BCUT2D eigenvalue weighted by Crippen LogP contribution is -1.98. The molecule has 0 atom stereocenters. The van der Waals surface area contributed by atoms with E-state index >= 15 is 0 Å². The fourth-order valence-corrected chi connectivity index (χ4v) is 1.11. The molecule has 0 aromatic carbocycles. The van der Waals surface area contributed by atoms with E-state index in [9.17, 15) is 4.79 Å². The van der Waals surface area contributed by atoms with Gasteiger partial charge in [-0.25, -0.2) is 4.79 Å². The molecule has 0 amide bonds. The minimum absolute atomic E-state index is 0.0207. The third-order valence-electron chi connectivity index (χ3n) is 1.69. The number of furan rings is 1. The molecule has 0 saturated heterocycles. The van der Waals surface area contributed by atoms with Crippen LogP contribution in [-0.4, -0.2) is 11.1 Å². The molecule has 3 heteroatoms. The van der Waals surface area contributed by atoms with Crippen LogP contribution in [0, 0.1) is 0 Å². The van der Waals surface area contributed by atoms with Gasteiger partial charge in [-0.05, 0) is 6.42 Å². The maximum Gasteiger partial charge on any atom is 0.372 e. The van der Waals surface area contributed by atoms with Crippen LogP contribution < -0.4 is 0 Å². The van der Waals surface area contributed by atoms with Crippen molar-refractivity contribution in [2.24, 2.45) is 0 Å². The van der Waals surface area contributed by atoms with Crippen molar-refractivity contribution >= 4 is 12.0 Å². The average molecular weight is 166 g/mol. The molecule has 1 aromatic heterocycles. The summed E-state index contributed by atoms with van der Waals surface area (Å²) in [6.07, 6.45) is 3.64. The molecule has 1 rings (SSSR count). The van der Waals surface area contributed by atoms with E-state index in [0.29, 0.717) is 12.0 Å². The van der Waals surface area contributed by atoms with Crippen LogP contribution in [0.15, 0.2) is 17.3 Å². The minimum Gasteiger partial charge on any atom is -0.475 e. The molecule has 0 bridgehead atoms. The van der Waals surface area contributed by atoms with Gasteiger partial charge in [0.25, 0.3) is 0 Å². The Morgan fingerprint density at radius 1 is 1.83 bits per heavy atom. The van der Waals surface area contributed by atoms with Crippen LogP contribution in [0.1, 0.15) is 28.6 Å². The summed E-state index contributed by atoms with van der Waals surface area (Å²) < 4.78 is 4.87. The van der Waals surface area contributed by atoms with Gasteiger partial charge in [0.2, 0.25) is 5.76 Å². The number of carbonyl (C=O) groups is 1. The van der Waals surface area contributed by atoms with Crippen molar-refractivity contribution in [3.05, 3.63) is 29.7 Å². The molecule has 1 aromatic rings. The Kier molecular flexibility index (Phi) is 2.33. The molecule has 0 unspecified atom stereocenters. The Bertz CT molecular complexity index is 310. The van der Waals surface area contributed by atoms with Crippen LogP contribution in [0.5, 0.6) is 0 Å². The summed E-state index contributed by atoms with van der Waals surface area (Å²) in [5.74, 6) is -1.01. The Morgan fingerprint density at radius 2 is 2.50 bits per heavy atom. The summed E-state index contributed by atoms with van der Waals surface area (Å²) in [7, 11) is 0. The maximum absolute atomic E-state index is 10.6. The van der Waals surface area contributed by atoms with Crippen molar-refractivity contribution in [1.82, 2.24) is 0 Å². The van der Waals surface area contributed by atoms with Gasteiger partial charge in [-0.2, -0.15) is 0 Å². The van der Waals surface area contributed by atoms with Crippen LogP contribution in [0.25, 0.3) is 6.08 Å². The lowest BCUT2D eigenvalue weighted by Gasteiger charge is -1.93. The maximum atomic E-state index is 10.6. The van der Waals surface area contributed by atoms with Gasteiger partial charge < -0.3 is 9.52 Å². The van der Waals surface area contributed by atoms with Gasteiger partial charge in [-0.15, -0.1) is 0 Å². The van der Waals surface area contributed by atoms with Gasteiger partial charge in [0, 0.05) is 11.1 Å². The van der Waals surface area contributed by atoms with E-state index in [1.54, 1.807) is 6.08 Å². The SMILES string of the molecule is C=Cc1coc(C(=O)O)c1CC. The fourth-order valence-electron chi connectivity index (χ4n) is 1.11. The molecule has 12 heavy (non-hydrogen) atoms. The van der Waals surface area contributed by atoms with Gasteiger partial charge in [0.15, 0.2) is 0 Å². The zero-order chi connectivity index (χ0) is 9.14. The molecule has 0 radical (unpaired) electrons. The normalized spacial score (nSPS) is 9.75. The second-order valence-electron chi connectivity index (χ2n) is 2.36. The molecule has 1 N–H and O–H groups in total. The van der Waals surface area contributed by atoms with Crippen LogP contribution >= 0.6 is 0 Å². The van der Waals surface area contributed by atoms with Crippen LogP contribution in [0.4, 0.5) is 0 Å². The lowest BCUT2D eigenvalue weighted by atomic mass is 10.1. The monoisotopic (exact) mass is 166 g/mol. The number of carboxylic acid groups (broad SMARTS) is 1. The Balaban J connectivity index is 3.22. The molecule has 64 valence electrons. The highest BCUT2D eigenvalue weighted by atomic mass is 16.4. The molecule has 0 fully saturated rings. The first-order valence-electron chi connectivity index (χ1n) is 3.66. The summed E-state index contributed by atoms with van der Waals surface area (Å²) in [6, 6.07) is 0. The first-order valence-corrected chi connectivity index (χ1v) is 3.66. The first kappa shape index (κ1) is 8.59. The number of rotatable bonds is 3. The highest BCUT2D eigenvalue weighted by molar-refractivity contribution is 5.87. The molecular formula is C9H10O3. The zero-order valence-corrected chi connectivity index (χ0v) is 6.83. The quantitative estimate of drug-likeness (QED) is 0.748. The Morgan fingerprint density at radius 3 is 2.92 bits per heavy atom. The smallest absolute Gasteiger partial charge is 0.372 e. The Hall–Kier alpha value is -1.51. The van der Waals surface area contributed by atoms with Crippen molar-refractivity contribution in [3.63, 3.8) is 0 Å². The van der Waals surface area contributed by atoms with E-state index in [1.807, 2.05) is 6.92 Å². The van der Waals surface area contributed by atoms with Crippen LogP contribution in [-0.2, 0) is 6.42 Å². The molecule has 0 aliphatic rings. The third-order valence-corrected chi connectivity index (χ3v) is 1.69. The topological polar surface area (TPSA) is 50.4 Å². The van der Waals surface area contributed by atoms with Gasteiger partial charge >= 0.3 is 5.97 Å². The largest absolute Gasteiger partial charge is 0.475 e. The zero-order valence-electron chi connectivity index (χ0n) is 6.83. The molecule has 1 heterocycles. The highest BCUT2D eigenvalue weighted by Crippen LogP contribution is 2.18. The molecule has 0 saturated carbocycles. The second kappa shape index (κ2) is 3.26. The number of hydrogen-bond acceptors (Lipinski definition) is 2. The number of carboxylic acids is 1. The molecule has 0 spiro atoms. The number of aromatic carboxylic acids is 1. The second-order valence-corrected chi connectivity index (χ2v) is 2.36. The van der Waals surface area contributed by atoms with Crippen molar-refractivity contribution < 1.29 is 14.3 Å². The molecule has 0 aliphatic heterocycles. The van der Waals surface area contributed by atoms with Gasteiger partial charge in [0.1, 0.15) is 0 Å². The highest BCUT2D eigenvalue weighted by Gasteiger charge is 2.15. The van der Waals surface area contributed by atoms with Crippen molar-refractivity contribution in [3.8, 4) is 0 Å². The summed E-state index contributed by atoms with van der Waals surface area (Å²) in [5, 5.41) is 8.68. The fraction of sp³-hybridized carbons (Fsp3) is 0.222. The predicted molar refractivity (Wildman–Crippen MR) is 45.1 cm³/mol. The summed E-state index contributed by atoms with van der Waals surface area (Å²) >= 11 is 0. The van der Waals surface area contributed by atoms with E-state index in [4.69, 9.17) is 9.52 Å².